The summed E-state index contributed by atoms with van der Waals surface area (Å²) in [5, 5.41) is 20.8. The van der Waals surface area contributed by atoms with Crippen LogP contribution in [0.4, 0.5) is 0 Å². The second kappa shape index (κ2) is 5.95. The van der Waals surface area contributed by atoms with Crippen molar-refractivity contribution in [3.8, 4) is 0 Å². The van der Waals surface area contributed by atoms with Crippen LogP contribution < -0.4 is 0 Å². The van der Waals surface area contributed by atoms with Crippen LogP contribution in [0.15, 0.2) is 24.3 Å². The first-order valence-electron chi connectivity index (χ1n) is 9.87. The van der Waals surface area contributed by atoms with E-state index in [0.29, 0.717) is 43.2 Å². The molecule has 1 amide bonds. The SMILES string of the molecule is O=C(CC1(c2cccc(Cl)c2)C2CC3CC1CC(C2)C3O)N1CC(O)C1. The molecule has 4 nitrogen and oxygen atoms in total. The van der Waals surface area contributed by atoms with Crippen LogP contribution in [-0.2, 0) is 10.2 Å². The maximum Gasteiger partial charge on any atom is 0.223 e. The van der Waals surface area contributed by atoms with Crippen LogP contribution in [0.2, 0.25) is 5.02 Å². The van der Waals surface area contributed by atoms with Crippen molar-refractivity contribution in [2.75, 3.05) is 13.1 Å². The highest BCUT2D eigenvalue weighted by Gasteiger charge is 2.61. The molecule has 0 aromatic heterocycles. The Hall–Kier alpha value is -1.10. The molecule has 5 aliphatic rings. The van der Waals surface area contributed by atoms with Crippen molar-refractivity contribution in [1.82, 2.24) is 4.90 Å². The number of benzene rings is 1. The Labute approximate surface area is 159 Å². The van der Waals surface area contributed by atoms with Gasteiger partial charge in [-0.25, -0.2) is 0 Å². The van der Waals surface area contributed by atoms with Crippen LogP contribution >= 0.6 is 11.6 Å². The van der Waals surface area contributed by atoms with Gasteiger partial charge in [-0.1, -0.05) is 23.7 Å². The van der Waals surface area contributed by atoms with E-state index in [2.05, 4.69) is 12.1 Å². The molecule has 4 saturated carbocycles. The summed E-state index contributed by atoms with van der Waals surface area (Å²) in [6, 6.07) is 8.09. The molecule has 6 rings (SSSR count). The van der Waals surface area contributed by atoms with Crippen LogP contribution in [0.3, 0.4) is 0 Å². The fraction of sp³-hybridized carbons (Fsp3) is 0.667. The Morgan fingerprint density at radius 2 is 1.73 bits per heavy atom. The summed E-state index contributed by atoms with van der Waals surface area (Å²) >= 11 is 6.33. The lowest BCUT2D eigenvalue weighted by Gasteiger charge is -2.63. The van der Waals surface area contributed by atoms with E-state index < -0.39 is 0 Å². The maximum atomic E-state index is 13.0. The van der Waals surface area contributed by atoms with Gasteiger partial charge in [0.05, 0.1) is 12.2 Å². The molecule has 5 heteroatoms. The van der Waals surface area contributed by atoms with Gasteiger partial charge in [-0.2, -0.15) is 0 Å². The summed E-state index contributed by atoms with van der Waals surface area (Å²) in [4.78, 5) is 14.8. The van der Waals surface area contributed by atoms with Crippen molar-refractivity contribution >= 4 is 17.5 Å². The Balaban J connectivity index is 1.53. The van der Waals surface area contributed by atoms with Gasteiger partial charge in [-0.15, -0.1) is 0 Å². The Morgan fingerprint density at radius 1 is 1.12 bits per heavy atom. The number of carbonyl (C=O) groups is 1. The summed E-state index contributed by atoms with van der Waals surface area (Å²) in [6.45, 7) is 0.924. The summed E-state index contributed by atoms with van der Waals surface area (Å²) in [6.07, 6.45) is 4.03. The fourth-order valence-corrected chi connectivity index (χ4v) is 6.82. The third-order valence-electron chi connectivity index (χ3n) is 7.79. The molecule has 2 N–H and O–H groups in total. The smallest absolute Gasteiger partial charge is 0.223 e. The van der Waals surface area contributed by atoms with Gasteiger partial charge in [0.2, 0.25) is 5.91 Å². The predicted octanol–water partition coefficient (Wildman–Crippen LogP) is 2.60. The molecule has 1 saturated heterocycles. The molecule has 1 aliphatic heterocycles. The second-order valence-electron chi connectivity index (χ2n) is 9.03. The summed E-state index contributed by atoms with van der Waals surface area (Å²) in [5.74, 6) is 1.81. The summed E-state index contributed by atoms with van der Waals surface area (Å²) in [7, 11) is 0. The molecular formula is C21H26ClNO3. The van der Waals surface area contributed by atoms with Crippen molar-refractivity contribution in [3.63, 3.8) is 0 Å². The molecule has 0 radical (unpaired) electrons. The number of likely N-dealkylation sites (tertiary alicyclic amines) is 1. The van der Waals surface area contributed by atoms with E-state index >= 15 is 0 Å². The number of β-amino-alcohol motifs (C(OH)–C–C–N with tert-alkyl or cyclic N) is 1. The van der Waals surface area contributed by atoms with Gasteiger partial charge in [0.1, 0.15) is 0 Å². The Morgan fingerprint density at radius 3 is 2.27 bits per heavy atom. The highest BCUT2D eigenvalue weighted by molar-refractivity contribution is 6.30. The van der Waals surface area contributed by atoms with E-state index in [0.717, 1.165) is 30.7 Å². The number of aliphatic hydroxyl groups is 2. The lowest BCUT2D eigenvalue weighted by Crippen LogP contribution is -2.62. The molecule has 1 aromatic rings. The molecule has 26 heavy (non-hydrogen) atoms. The first kappa shape index (κ1) is 17.0. The van der Waals surface area contributed by atoms with Gasteiger partial charge in [0, 0.05) is 29.9 Å². The monoisotopic (exact) mass is 375 g/mol. The van der Waals surface area contributed by atoms with Gasteiger partial charge in [0.15, 0.2) is 0 Å². The van der Waals surface area contributed by atoms with Gasteiger partial charge in [-0.05, 0) is 67.1 Å². The standard InChI is InChI=1S/C21H26ClNO3/c22-17-3-1-2-14(8-17)21(9-19(25)23-10-18(24)11-23)15-4-12-5-16(21)7-13(6-15)20(12)26/h1-3,8,12-13,15-16,18,20,24,26H,4-7,9-11H2. The van der Waals surface area contributed by atoms with Gasteiger partial charge >= 0.3 is 0 Å². The molecular weight excluding hydrogens is 350 g/mol. The van der Waals surface area contributed by atoms with E-state index in [-0.39, 0.29) is 23.5 Å². The highest BCUT2D eigenvalue weighted by atomic mass is 35.5. The van der Waals surface area contributed by atoms with E-state index in [1.165, 1.54) is 5.56 Å². The normalized spacial score (nSPS) is 41.3. The minimum absolute atomic E-state index is 0.152. The largest absolute Gasteiger partial charge is 0.393 e. The zero-order valence-corrected chi connectivity index (χ0v) is 15.6. The second-order valence-corrected chi connectivity index (χ2v) is 9.46. The Bertz CT molecular complexity index is 700. The molecule has 140 valence electrons. The van der Waals surface area contributed by atoms with Crippen molar-refractivity contribution in [1.29, 1.82) is 0 Å². The van der Waals surface area contributed by atoms with E-state index in [9.17, 15) is 15.0 Å². The number of halogens is 1. The molecule has 1 heterocycles. The third-order valence-corrected chi connectivity index (χ3v) is 8.03. The number of carbonyl (C=O) groups excluding carboxylic acids is 1. The minimum atomic E-state index is -0.366. The van der Waals surface area contributed by atoms with Crippen molar-refractivity contribution in [3.05, 3.63) is 34.9 Å². The van der Waals surface area contributed by atoms with E-state index in [4.69, 9.17) is 11.6 Å². The third kappa shape index (κ3) is 2.38. The number of nitrogens with zero attached hydrogens (tertiary/aromatic N) is 1. The van der Waals surface area contributed by atoms with Crippen LogP contribution in [0, 0.1) is 23.7 Å². The molecule has 0 atom stereocenters. The van der Waals surface area contributed by atoms with Crippen LogP contribution in [0.25, 0.3) is 0 Å². The fourth-order valence-electron chi connectivity index (χ4n) is 6.62. The molecule has 4 aliphatic carbocycles. The van der Waals surface area contributed by atoms with E-state index in [1.807, 2.05) is 12.1 Å². The summed E-state index contributed by atoms with van der Waals surface area (Å²) < 4.78 is 0. The number of hydrogen-bond acceptors (Lipinski definition) is 3. The van der Waals surface area contributed by atoms with Gasteiger partial charge < -0.3 is 15.1 Å². The number of amides is 1. The predicted molar refractivity (Wildman–Crippen MR) is 98.8 cm³/mol. The lowest BCUT2D eigenvalue weighted by atomic mass is 9.42. The van der Waals surface area contributed by atoms with Gasteiger partial charge in [0.25, 0.3) is 0 Å². The average molecular weight is 376 g/mol. The number of rotatable bonds is 3. The molecule has 0 spiro atoms. The van der Waals surface area contributed by atoms with Crippen LogP contribution in [-0.4, -0.2) is 46.3 Å². The zero-order valence-electron chi connectivity index (χ0n) is 14.9. The van der Waals surface area contributed by atoms with Crippen LogP contribution in [0.5, 0.6) is 0 Å². The van der Waals surface area contributed by atoms with Crippen molar-refractivity contribution in [2.45, 2.75) is 49.7 Å². The number of hydrogen-bond donors (Lipinski definition) is 2. The average Bonchev–Trinajstić information content (AvgIpc) is 2.57. The minimum Gasteiger partial charge on any atom is -0.393 e. The summed E-state index contributed by atoms with van der Waals surface area (Å²) in [5.41, 5.74) is 1.03. The number of aliphatic hydroxyl groups excluding tert-OH is 2. The molecule has 0 unspecified atom stereocenters. The molecule has 4 bridgehead atoms. The van der Waals surface area contributed by atoms with Crippen LogP contribution in [0.1, 0.15) is 37.7 Å². The highest BCUT2D eigenvalue weighted by Crippen LogP contribution is 2.64. The maximum absolute atomic E-state index is 13.0. The lowest BCUT2D eigenvalue weighted by molar-refractivity contribution is -0.158. The first-order chi connectivity index (χ1) is 12.5. The topological polar surface area (TPSA) is 60.8 Å². The van der Waals surface area contributed by atoms with E-state index in [1.54, 1.807) is 4.90 Å². The quantitative estimate of drug-likeness (QED) is 0.853. The molecule has 5 fully saturated rings. The first-order valence-corrected chi connectivity index (χ1v) is 10.2. The van der Waals surface area contributed by atoms with Gasteiger partial charge in [-0.3, -0.25) is 4.79 Å². The molecule has 1 aromatic carbocycles. The zero-order chi connectivity index (χ0) is 18.1. The van der Waals surface area contributed by atoms with Crippen molar-refractivity contribution in [2.24, 2.45) is 23.7 Å². The Kier molecular flexibility index (Phi) is 3.90. The van der Waals surface area contributed by atoms with Crippen molar-refractivity contribution < 1.29 is 15.0 Å².